The van der Waals surface area contributed by atoms with Crippen molar-refractivity contribution in [3.63, 3.8) is 0 Å². The molecule has 0 N–H and O–H groups in total. The third-order valence-corrected chi connectivity index (χ3v) is 46.7. The Labute approximate surface area is 407 Å². The maximum absolute atomic E-state index is 12.3. The van der Waals surface area contributed by atoms with Gasteiger partial charge in [-0.2, -0.15) is 0 Å². The molecule has 0 radical (unpaired) electrons. The highest BCUT2D eigenvalue weighted by molar-refractivity contribution is 7.13. The number of carbonyl (C=O) groups excluding carboxylic acids is 1. The van der Waals surface area contributed by atoms with E-state index in [1.54, 1.807) is 0 Å². The molecule has 6 heterocycles. The number of carbonyl (C=O) groups is 1. The molecule has 7 aromatic carbocycles. The van der Waals surface area contributed by atoms with Crippen LogP contribution in [0.1, 0.15) is 13.3 Å². The SMILES string of the molecule is CC(=O)OCCC[Si]12O[Si]3(c4ccccc4)O[Si]4(c5ccccc5)O[Si](c5ccccc5)(O1)O[Si]1(c5ccccc5)O[Si](c5ccccc5)(O2)O[Si](c2ccccc2)(O3)O[Si](c2ccccc2)(O4)O1. The summed E-state index contributed by atoms with van der Waals surface area (Å²) < 4.78 is 102. The highest BCUT2D eigenvalue weighted by Gasteiger charge is 2.86. The van der Waals surface area contributed by atoms with Crippen LogP contribution < -0.4 is 36.3 Å². The Hall–Kier alpha value is -4.73. The number of esters is 1. The zero-order valence-electron chi connectivity index (χ0n) is 37.0. The van der Waals surface area contributed by atoms with Gasteiger partial charge >= 0.3 is 76.4 Å². The van der Waals surface area contributed by atoms with Crippen molar-refractivity contribution in [2.24, 2.45) is 0 Å². The van der Waals surface area contributed by atoms with Crippen LogP contribution in [0.25, 0.3) is 0 Å². The van der Waals surface area contributed by atoms with Crippen molar-refractivity contribution < 1.29 is 58.9 Å². The predicted octanol–water partition coefficient (Wildman–Crippen LogP) is 3.07. The summed E-state index contributed by atoms with van der Waals surface area (Å²) in [6.45, 7) is 1.38. The Morgan fingerprint density at radius 3 is 0.696 bits per heavy atom. The maximum Gasteiger partial charge on any atom is 0.515 e. The number of ether oxygens (including phenoxy) is 1. The molecule has 13 rings (SSSR count). The lowest BCUT2D eigenvalue weighted by Gasteiger charge is -2.62. The minimum atomic E-state index is -4.75. The van der Waals surface area contributed by atoms with Crippen LogP contribution in [0.4, 0.5) is 0 Å². The summed E-state index contributed by atoms with van der Waals surface area (Å²) in [4.78, 5) is 12.3. The van der Waals surface area contributed by atoms with Crippen molar-refractivity contribution in [2.45, 2.75) is 19.4 Å². The zero-order chi connectivity index (χ0) is 46.7. The normalized spacial score (nSPS) is 33.3. The minimum absolute atomic E-state index is 0.0135. The Bertz CT molecular complexity index is 2660. The summed E-state index contributed by atoms with van der Waals surface area (Å²) in [5.74, 6) is -0.440. The minimum Gasteiger partial charge on any atom is -0.466 e. The van der Waals surface area contributed by atoms with E-state index in [0.717, 1.165) is 0 Å². The van der Waals surface area contributed by atoms with Gasteiger partial charge in [0.15, 0.2) is 0 Å². The first kappa shape index (κ1) is 45.4. The molecule has 69 heavy (non-hydrogen) atoms. The van der Waals surface area contributed by atoms with Crippen molar-refractivity contribution in [3.05, 3.63) is 212 Å². The molecule has 0 aromatic heterocycles. The monoisotopic (exact) mass is 1060 g/mol. The number of benzene rings is 7. The van der Waals surface area contributed by atoms with Crippen LogP contribution in [-0.4, -0.2) is 83.0 Å². The van der Waals surface area contributed by atoms with E-state index in [1.807, 2.05) is 212 Å². The number of rotatable bonds is 11. The molecule has 6 saturated heterocycles. The standard InChI is InChI=1S/C47H44O14Si8/c1-40(48)49-38-23-39-62-50-63(41-24-9-2-10-25-41)53-66(44-30-15-5-16-31-44)55-64(51-62,42-26-11-3-12-27-42)57-68(46-34-19-7-20-35-46)58-65(52-62,43-28-13-4-14-29-43)56-67(54-63,45-32-17-6-18-33-45)60-69(59-66,61-68)47-36-21-8-22-37-47/h2-22,24-37H,23,38-39H2,1H3. The fourth-order valence-electron chi connectivity index (χ4n) is 9.10. The van der Waals surface area contributed by atoms with Crippen molar-refractivity contribution in [1.29, 1.82) is 0 Å². The van der Waals surface area contributed by atoms with E-state index < -0.39 is 76.4 Å². The molecule has 0 aliphatic carbocycles. The van der Waals surface area contributed by atoms with Gasteiger partial charge in [-0.25, -0.2) is 0 Å². The zero-order valence-corrected chi connectivity index (χ0v) is 45.0. The van der Waals surface area contributed by atoms with Crippen molar-refractivity contribution >= 4 is 113 Å². The van der Waals surface area contributed by atoms with Gasteiger partial charge in [0.2, 0.25) is 0 Å². The Balaban J connectivity index is 1.27. The molecule has 348 valence electrons. The molecule has 0 atom stereocenters. The van der Waals surface area contributed by atoms with E-state index >= 15 is 0 Å². The molecule has 0 unspecified atom stereocenters. The van der Waals surface area contributed by atoms with Crippen LogP contribution in [-0.2, 0) is 58.9 Å². The molecule has 14 nitrogen and oxygen atoms in total. The van der Waals surface area contributed by atoms with Gasteiger partial charge in [0, 0.05) is 49.3 Å². The highest BCUT2D eigenvalue weighted by Crippen LogP contribution is 2.49. The predicted molar refractivity (Wildman–Crippen MR) is 268 cm³/mol. The van der Waals surface area contributed by atoms with Crippen molar-refractivity contribution in [3.8, 4) is 0 Å². The van der Waals surface area contributed by atoms with E-state index in [2.05, 4.69) is 0 Å². The van der Waals surface area contributed by atoms with Crippen molar-refractivity contribution in [2.75, 3.05) is 6.61 Å². The molecule has 7 aromatic rings. The summed E-state index contributed by atoms with van der Waals surface area (Å²) in [6, 6.07) is 66.5. The Morgan fingerprint density at radius 2 is 0.507 bits per heavy atom. The maximum atomic E-state index is 12.3. The topological polar surface area (TPSA) is 137 Å². The number of hydrogen-bond acceptors (Lipinski definition) is 14. The van der Waals surface area contributed by atoms with E-state index in [-0.39, 0.29) is 19.1 Å². The van der Waals surface area contributed by atoms with Gasteiger partial charge in [-0.15, -0.1) is 0 Å². The van der Waals surface area contributed by atoms with Gasteiger partial charge in [0.25, 0.3) is 0 Å². The van der Waals surface area contributed by atoms with E-state index in [4.69, 9.17) is 54.1 Å². The fourth-order valence-corrected chi connectivity index (χ4v) is 55.7. The molecule has 0 spiro atoms. The largest absolute Gasteiger partial charge is 0.515 e. The lowest BCUT2D eigenvalue weighted by Crippen LogP contribution is -2.95. The summed E-state index contributed by atoms with van der Waals surface area (Å²) in [5, 5.41) is 3.79. The summed E-state index contributed by atoms with van der Waals surface area (Å²) in [7, 11) is -37.9. The molecule has 6 aliphatic rings. The third-order valence-electron chi connectivity index (χ3n) is 12.1. The van der Waals surface area contributed by atoms with Crippen LogP contribution in [0.15, 0.2) is 212 Å². The molecule has 6 fully saturated rings. The van der Waals surface area contributed by atoms with Gasteiger partial charge < -0.3 is 54.1 Å². The second-order valence-corrected chi connectivity index (χ2v) is 40.3. The third kappa shape index (κ3) is 7.91. The molecular formula is C47H44O14Si8. The lowest BCUT2D eigenvalue weighted by atomic mass is 10.4. The van der Waals surface area contributed by atoms with Gasteiger partial charge in [-0.1, -0.05) is 212 Å². The second-order valence-electron chi connectivity index (χ2n) is 16.8. The molecular weight excluding hydrogens is 1010 g/mol. The van der Waals surface area contributed by atoms with Crippen LogP contribution in [0.2, 0.25) is 6.04 Å². The van der Waals surface area contributed by atoms with Crippen LogP contribution in [0.3, 0.4) is 0 Å². The Morgan fingerprint density at radius 1 is 0.319 bits per heavy atom. The average molecular weight is 1060 g/mol. The average Bonchev–Trinajstić information content (AvgIpc) is 3.36. The van der Waals surface area contributed by atoms with Crippen LogP contribution in [0, 0.1) is 0 Å². The molecule has 6 aliphatic heterocycles. The molecule has 22 heteroatoms. The smallest absolute Gasteiger partial charge is 0.466 e. The van der Waals surface area contributed by atoms with Crippen molar-refractivity contribution in [1.82, 2.24) is 0 Å². The summed E-state index contributed by atoms with van der Waals surface area (Å²) in [6.07, 6.45) is 0.223. The van der Waals surface area contributed by atoms with Gasteiger partial charge in [-0.05, 0) is 6.42 Å². The van der Waals surface area contributed by atoms with Gasteiger partial charge in [0.1, 0.15) is 0 Å². The Kier molecular flexibility index (Phi) is 11.5. The second kappa shape index (κ2) is 17.5. The van der Waals surface area contributed by atoms with E-state index in [1.165, 1.54) is 6.92 Å². The summed E-state index contributed by atoms with van der Waals surface area (Å²) in [5.41, 5.74) is 0. The summed E-state index contributed by atoms with van der Waals surface area (Å²) >= 11 is 0. The van der Waals surface area contributed by atoms with E-state index in [9.17, 15) is 4.79 Å². The quantitative estimate of drug-likeness (QED) is 0.107. The molecule has 0 saturated carbocycles. The highest BCUT2D eigenvalue weighted by atomic mass is 28.6. The van der Waals surface area contributed by atoms with Crippen LogP contribution >= 0.6 is 0 Å². The lowest BCUT2D eigenvalue weighted by molar-refractivity contribution is -0.141. The first-order valence-electron chi connectivity index (χ1n) is 22.6. The molecule has 8 bridgehead atoms. The first-order chi connectivity index (χ1) is 33.6. The van der Waals surface area contributed by atoms with E-state index in [0.29, 0.717) is 36.3 Å². The fraction of sp³-hybridized carbons (Fsp3) is 0.0851. The van der Waals surface area contributed by atoms with Gasteiger partial charge in [-0.3, -0.25) is 4.79 Å². The van der Waals surface area contributed by atoms with Crippen LogP contribution in [0.5, 0.6) is 0 Å². The van der Waals surface area contributed by atoms with Gasteiger partial charge in [0.05, 0.1) is 6.61 Å². The first-order valence-corrected chi connectivity index (χ1v) is 36.6. The molecule has 0 amide bonds. The number of hydrogen-bond donors (Lipinski definition) is 0.